The van der Waals surface area contributed by atoms with Crippen LogP contribution in [0.2, 0.25) is 0 Å². The van der Waals surface area contributed by atoms with Crippen molar-refractivity contribution < 1.29 is 24.3 Å². The molecule has 1 fully saturated rings. The quantitative estimate of drug-likeness (QED) is 0.568. The molecule has 1 rings (SSSR count). The topological polar surface area (TPSA) is 116 Å². The standard InChI is InChI=1S/C15H25N3O5/c1-9(2)8-10(12(20)21)16-11(19)6-5-7-18-13(22)15(3,4)17-14(18)23/h9-10H,5-8H2,1-4H3,(H,16,19)(H,17,23)(H,20,21)/t10-/m0/s1. The number of nitrogens with one attached hydrogen (secondary N) is 2. The second-order valence-electron chi connectivity index (χ2n) is 6.70. The molecule has 0 aromatic rings. The van der Waals surface area contributed by atoms with Crippen molar-refractivity contribution in [2.45, 2.75) is 58.5 Å². The average molecular weight is 327 g/mol. The van der Waals surface area contributed by atoms with Crippen molar-refractivity contribution >= 4 is 23.8 Å². The number of carbonyl (C=O) groups is 4. The largest absolute Gasteiger partial charge is 0.480 e. The monoisotopic (exact) mass is 327 g/mol. The highest BCUT2D eigenvalue weighted by Gasteiger charge is 2.43. The summed E-state index contributed by atoms with van der Waals surface area (Å²) in [4.78, 5) is 47.6. The van der Waals surface area contributed by atoms with Gasteiger partial charge in [0.05, 0.1) is 0 Å². The smallest absolute Gasteiger partial charge is 0.326 e. The summed E-state index contributed by atoms with van der Waals surface area (Å²) < 4.78 is 0. The van der Waals surface area contributed by atoms with Crippen LogP contribution in [0.25, 0.3) is 0 Å². The number of hydrogen-bond donors (Lipinski definition) is 3. The van der Waals surface area contributed by atoms with Crippen molar-refractivity contribution in [3.63, 3.8) is 0 Å². The third-order valence-corrected chi connectivity index (χ3v) is 3.57. The van der Waals surface area contributed by atoms with Gasteiger partial charge in [0, 0.05) is 13.0 Å². The van der Waals surface area contributed by atoms with Gasteiger partial charge >= 0.3 is 12.0 Å². The number of aliphatic carboxylic acids is 1. The van der Waals surface area contributed by atoms with Crippen LogP contribution in [0.4, 0.5) is 4.79 Å². The Morgan fingerprint density at radius 2 is 1.91 bits per heavy atom. The molecule has 1 atom stereocenters. The van der Waals surface area contributed by atoms with E-state index in [1.54, 1.807) is 13.8 Å². The summed E-state index contributed by atoms with van der Waals surface area (Å²) in [5.74, 6) is -1.65. The van der Waals surface area contributed by atoms with E-state index in [1.807, 2.05) is 13.8 Å². The van der Waals surface area contributed by atoms with Gasteiger partial charge in [-0.3, -0.25) is 14.5 Å². The average Bonchev–Trinajstić information content (AvgIpc) is 2.59. The fraction of sp³-hybridized carbons (Fsp3) is 0.733. The van der Waals surface area contributed by atoms with Crippen LogP contribution in [0.15, 0.2) is 0 Å². The first-order valence-corrected chi connectivity index (χ1v) is 7.71. The Morgan fingerprint density at radius 1 is 1.30 bits per heavy atom. The van der Waals surface area contributed by atoms with Gasteiger partial charge in [-0.2, -0.15) is 0 Å². The summed E-state index contributed by atoms with van der Waals surface area (Å²) in [6.07, 6.45) is 0.691. The predicted octanol–water partition coefficient (Wildman–Crippen LogP) is 0.713. The molecule has 1 aliphatic heterocycles. The molecule has 0 radical (unpaired) electrons. The first-order chi connectivity index (χ1) is 10.5. The number of imide groups is 1. The van der Waals surface area contributed by atoms with Gasteiger partial charge in [-0.05, 0) is 32.6 Å². The number of carboxylic acids is 1. The number of carboxylic acid groups (broad SMARTS) is 1. The molecule has 0 bridgehead atoms. The summed E-state index contributed by atoms with van der Waals surface area (Å²) in [6, 6.07) is -1.39. The van der Waals surface area contributed by atoms with Gasteiger partial charge in [-0.15, -0.1) is 0 Å². The minimum Gasteiger partial charge on any atom is -0.480 e. The molecule has 0 aromatic carbocycles. The lowest BCUT2D eigenvalue weighted by Gasteiger charge is -2.17. The molecule has 0 saturated carbocycles. The van der Waals surface area contributed by atoms with Crippen molar-refractivity contribution in [2.75, 3.05) is 6.54 Å². The van der Waals surface area contributed by atoms with Gasteiger partial charge in [-0.1, -0.05) is 13.8 Å². The SMILES string of the molecule is CC(C)C[C@H](NC(=O)CCCN1C(=O)NC(C)(C)C1=O)C(=O)O. The number of hydrogen-bond acceptors (Lipinski definition) is 4. The van der Waals surface area contributed by atoms with Crippen LogP contribution in [0.1, 0.15) is 47.0 Å². The summed E-state index contributed by atoms with van der Waals surface area (Å²) >= 11 is 0. The zero-order chi connectivity index (χ0) is 17.8. The van der Waals surface area contributed by atoms with Gasteiger partial charge < -0.3 is 15.7 Å². The molecule has 1 saturated heterocycles. The molecule has 0 aliphatic carbocycles. The van der Waals surface area contributed by atoms with E-state index in [0.717, 1.165) is 4.90 Å². The van der Waals surface area contributed by atoms with E-state index in [2.05, 4.69) is 10.6 Å². The van der Waals surface area contributed by atoms with E-state index in [0.29, 0.717) is 6.42 Å². The summed E-state index contributed by atoms with van der Waals surface area (Å²) in [6.45, 7) is 7.11. The predicted molar refractivity (Wildman–Crippen MR) is 82.6 cm³/mol. The Hall–Kier alpha value is -2.12. The number of carbonyl (C=O) groups excluding carboxylic acids is 3. The van der Waals surface area contributed by atoms with Gasteiger partial charge in [-0.25, -0.2) is 9.59 Å². The van der Waals surface area contributed by atoms with Crippen LogP contribution in [-0.4, -0.2) is 51.9 Å². The lowest BCUT2D eigenvalue weighted by molar-refractivity contribution is -0.142. The maximum absolute atomic E-state index is 12.0. The van der Waals surface area contributed by atoms with E-state index in [-0.39, 0.29) is 31.2 Å². The lowest BCUT2D eigenvalue weighted by atomic mass is 10.0. The van der Waals surface area contributed by atoms with Crippen molar-refractivity contribution in [2.24, 2.45) is 5.92 Å². The number of rotatable bonds is 8. The van der Waals surface area contributed by atoms with Crippen molar-refractivity contribution in [1.29, 1.82) is 0 Å². The molecule has 1 heterocycles. The van der Waals surface area contributed by atoms with Crippen LogP contribution < -0.4 is 10.6 Å². The van der Waals surface area contributed by atoms with E-state index in [1.165, 1.54) is 0 Å². The zero-order valence-corrected chi connectivity index (χ0v) is 14.0. The molecule has 1 aliphatic rings. The number of amides is 4. The molecule has 23 heavy (non-hydrogen) atoms. The normalized spacial score (nSPS) is 18.0. The molecular formula is C15H25N3O5. The Labute approximate surface area is 135 Å². The van der Waals surface area contributed by atoms with Gasteiger partial charge in [0.15, 0.2) is 0 Å². The molecule has 8 heteroatoms. The van der Waals surface area contributed by atoms with E-state index in [4.69, 9.17) is 5.11 Å². The Kier molecular flexibility index (Phi) is 6.12. The molecular weight excluding hydrogens is 302 g/mol. The second-order valence-corrected chi connectivity index (χ2v) is 6.70. The van der Waals surface area contributed by atoms with Crippen molar-refractivity contribution in [3.05, 3.63) is 0 Å². The Bertz CT molecular complexity index is 501. The minimum atomic E-state index is -1.07. The lowest BCUT2D eigenvalue weighted by Crippen LogP contribution is -2.42. The van der Waals surface area contributed by atoms with Crippen LogP contribution in [0.5, 0.6) is 0 Å². The maximum atomic E-state index is 12.0. The first-order valence-electron chi connectivity index (χ1n) is 7.71. The molecule has 0 spiro atoms. The van der Waals surface area contributed by atoms with Crippen molar-refractivity contribution in [1.82, 2.24) is 15.5 Å². The van der Waals surface area contributed by atoms with Crippen LogP contribution in [0.3, 0.4) is 0 Å². The van der Waals surface area contributed by atoms with Crippen molar-refractivity contribution in [3.8, 4) is 0 Å². The van der Waals surface area contributed by atoms with Gasteiger partial charge in [0.2, 0.25) is 5.91 Å². The molecule has 4 amide bonds. The summed E-state index contributed by atoms with van der Waals surface area (Å²) in [5.41, 5.74) is -0.926. The van der Waals surface area contributed by atoms with Gasteiger partial charge in [0.1, 0.15) is 11.6 Å². The fourth-order valence-corrected chi connectivity index (χ4v) is 2.38. The molecule has 0 unspecified atom stereocenters. The first kappa shape index (κ1) is 18.9. The molecule has 3 N–H and O–H groups in total. The third-order valence-electron chi connectivity index (χ3n) is 3.57. The Morgan fingerprint density at radius 3 is 2.35 bits per heavy atom. The van der Waals surface area contributed by atoms with E-state index >= 15 is 0 Å². The van der Waals surface area contributed by atoms with E-state index in [9.17, 15) is 19.2 Å². The molecule has 130 valence electrons. The van der Waals surface area contributed by atoms with Crippen LogP contribution in [-0.2, 0) is 14.4 Å². The maximum Gasteiger partial charge on any atom is 0.326 e. The van der Waals surface area contributed by atoms with E-state index < -0.39 is 29.5 Å². The van der Waals surface area contributed by atoms with Crippen LogP contribution in [0, 0.1) is 5.92 Å². The third kappa shape index (κ3) is 5.22. The highest BCUT2D eigenvalue weighted by molar-refractivity contribution is 6.06. The molecule has 8 nitrogen and oxygen atoms in total. The Balaban J connectivity index is 2.43. The second kappa shape index (κ2) is 7.43. The number of nitrogens with zero attached hydrogens (tertiary/aromatic N) is 1. The summed E-state index contributed by atoms with van der Waals surface area (Å²) in [5, 5.41) is 14.1. The van der Waals surface area contributed by atoms with Crippen LogP contribution >= 0.6 is 0 Å². The van der Waals surface area contributed by atoms with Gasteiger partial charge in [0.25, 0.3) is 5.91 Å². The minimum absolute atomic E-state index is 0.0549. The number of urea groups is 1. The zero-order valence-electron chi connectivity index (χ0n) is 14.0. The highest BCUT2D eigenvalue weighted by Crippen LogP contribution is 2.17. The molecule has 0 aromatic heterocycles. The highest BCUT2D eigenvalue weighted by atomic mass is 16.4. The summed E-state index contributed by atoms with van der Waals surface area (Å²) in [7, 11) is 0. The fourth-order valence-electron chi connectivity index (χ4n) is 2.38.